The van der Waals surface area contributed by atoms with E-state index in [4.69, 9.17) is 23.7 Å². The van der Waals surface area contributed by atoms with Crippen molar-refractivity contribution in [2.24, 2.45) is 44.6 Å². The molecule has 5 aromatic heterocycles. The number of amides is 2. The highest BCUT2D eigenvalue weighted by atomic mass is 32.2. The second kappa shape index (κ2) is 43.9. The first-order valence-electron chi connectivity index (χ1n) is 28.2. The van der Waals surface area contributed by atoms with E-state index in [-0.39, 0.29) is 57.8 Å². The van der Waals surface area contributed by atoms with Gasteiger partial charge in [0.2, 0.25) is 29.0 Å². The van der Waals surface area contributed by atoms with E-state index in [0.717, 1.165) is 62.7 Å². The van der Waals surface area contributed by atoms with Crippen molar-refractivity contribution in [2.75, 3.05) is 14.1 Å². The van der Waals surface area contributed by atoms with Crippen LogP contribution in [0.2, 0.25) is 0 Å². The number of hydrogen-bond acceptors (Lipinski definition) is 24. The molecule has 0 radical (unpaired) electrons. The smallest absolute Gasteiger partial charge is 0.281 e. The topological polar surface area (TPSA) is 359 Å². The fraction of sp³-hybridized carbons (Fsp3) is 0.569. The van der Waals surface area contributed by atoms with Crippen molar-refractivity contribution in [3.05, 3.63) is 126 Å². The zero-order valence-electron chi connectivity index (χ0n) is 55.1. The van der Waals surface area contributed by atoms with Crippen LogP contribution in [0.15, 0.2) is 99.5 Å². The average molecular weight is 1280 g/mol. The number of nitrogens with one attached hydrogen (secondary N) is 8. The third kappa shape index (κ3) is 36.2. The Kier molecular flexibility index (Phi) is 41.1. The van der Waals surface area contributed by atoms with Gasteiger partial charge in [-0.2, -0.15) is 19.6 Å². The normalized spacial score (nSPS) is 12.5. The molecule has 0 aromatic carbocycles. The van der Waals surface area contributed by atoms with Crippen LogP contribution in [-0.2, 0) is 19.3 Å². The average Bonchev–Trinajstić information content (AvgIpc) is 4.54. The van der Waals surface area contributed by atoms with Gasteiger partial charge in [0.1, 0.15) is 40.3 Å². The van der Waals surface area contributed by atoms with Crippen LogP contribution in [-0.4, -0.2) is 87.4 Å². The molecule has 0 atom stereocenters. The molecule has 0 saturated carbocycles. The van der Waals surface area contributed by atoms with E-state index in [1.54, 1.807) is 20.2 Å². The number of aromatic hydroxyl groups is 1. The van der Waals surface area contributed by atoms with Crippen molar-refractivity contribution >= 4 is 64.5 Å². The maximum absolute atomic E-state index is 11.1. The number of tetrazole rings is 1. The summed E-state index contributed by atoms with van der Waals surface area (Å²) in [6.07, 6.45) is 2.40. The number of hydrogen-bond donors (Lipinski definition) is 9. The van der Waals surface area contributed by atoms with Gasteiger partial charge in [0.05, 0.1) is 12.0 Å². The molecule has 29 heteroatoms. The Bertz CT molecular complexity index is 2940. The van der Waals surface area contributed by atoms with E-state index in [2.05, 4.69) is 141 Å². The molecule has 0 unspecified atom stereocenters. The Morgan fingerprint density at radius 3 is 1.34 bits per heavy atom. The van der Waals surface area contributed by atoms with Gasteiger partial charge in [-0.05, 0) is 31.9 Å². The maximum atomic E-state index is 11.1. The summed E-state index contributed by atoms with van der Waals surface area (Å²) in [7, 11) is 3.28. The van der Waals surface area contributed by atoms with Crippen LogP contribution >= 0.6 is 35.2 Å². The second-order valence-corrected chi connectivity index (χ2v) is 24.2. The second-order valence-electron chi connectivity index (χ2n) is 21.9. The largest absolute Gasteiger partial charge is 0.502 e. The van der Waals surface area contributed by atoms with Gasteiger partial charge in [-0.25, -0.2) is 16.0 Å². The minimum Gasteiger partial charge on any atom is -0.502 e. The first kappa shape index (κ1) is 81.4. The monoisotopic (exact) mass is 1270 g/mol. The molecule has 87 heavy (non-hydrogen) atoms. The molecule has 0 aliphatic carbocycles. The summed E-state index contributed by atoms with van der Waals surface area (Å²) in [5.74, 6) is 8.29. The summed E-state index contributed by atoms with van der Waals surface area (Å²) in [6.45, 7) is 52.4. The Labute approximate surface area is 525 Å². The molecule has 9 N–H and O–H groups in total. The van der Waals surface area contributed by atoms with Gasteiger partial charge in [0.15, 0.2) is 11.6 Å². The van der Waals surface area contributed by atoms with Crippen molar-refractivity contribution in [3.63, 3.8) is 0 Å². The number of H-pyrrole nitrogens is 3. The SMILES string of the molecule is C=C1N=C(C(C)C)NO1.C=C1N=C(C(C)C)NO1.C=C1N=C(C(C)C)NS1.CC(C)c1cc(=O)[nH]s1.CC(C)c1cocc(O)c1=O.CC(C)c1nn[nH]n1.CC(C)c1ns[nH]c1=O.CNC(=O)C(C)C.CNC(=O)C(C)C.Cc1cc(C(C)C)on1. The number of aliphatic imine (C=N–C) groups is 3. The van der Waals surface area contributed by atoms with Gasteiger partial charge >= 0.3 is 0 Å². The lowest BCUT2D eigenvalue weighted by atomic mass is 10.1. The zero-order chi connectivity index (χ0) is 67.3. The molecule has 5 aromatic rings. The molecule has 3 aliphatic rings. The molecular formula is C58H98N16O10S3. The molecule has 0 fully saturated rings. The van der Waals surface area contributed by atoms with Crippen LogP contribution in [0.4, 0.5) is 0 Å². The van der Waals surface area contributed by atoms with Gasteiger partial charge in [-0.3, -0.25) is 32.7 Å². The van der Waals surface area contributed by atoms with Gasteiger partial charge in [0, 0.05) is 108 Å². The Morgan fingerprint density at radius 2 is 1.15 bits per heavy atom. The Hall–Kier alpha value is -7.66. The lowest BCUT2D eigenvalue weighted by Gasteiger charge is -2.01. The summed E-state index contributed by atoms with van der Waals surface area (Å²) in [4.78, 5) is 76.0. The number of rotatable bonds is 10. The minimum absolute atomic E-state index is 0.0173. The molecule has 8 heterocycles. The molecule has 0 bridgehead atoms. The molecule has 488 valence electrons. The Morgan fingerprint density at radius 1 is 0.632 bits per heavy atom. The number of amidine groups is 3. The van der Waals surface area contributed by atoms with Crippen molar-refractivity contribution in [3.8, 4) is 5.75 Å². The van der Waals surface area contributed by atoms with E-state index in [1.165, 1.54) is 29.7 Å². The summed E-state index contributed by atoms with van der Waals surface area (Å²) < 4.78 is 21.8. The van der Waals surface area contributed by atoms with Crippen LogP contribution in [0.3, 0.4) is 0 Å². The van der Waals surface area contributed by atoms with Gasteiger partial charge in [0.25, 0.3) is 11.1 Å². The summed E-state index contributed by atoms with van der Waals surface area (Å²) in [5, 5.41) is 31.9. The Balaban J connectivity index is 0. The minimum atomic E-state index is -0.341. The molecule has 8 rings (SSSR count). The highest BCUT2D eigenvalue weighted by molar-refractivity contribution is 8.02. The number of carbonyl (C=O) groups is 2. The van der Waals surface area contributed by atoms with Crippen molar-refractivity contribution in [1.29, 1.82) is 0 Å². The predicted octanol–water partition coefficient (Wildman–Crippen LogP) is 11.0. The van der Waals surface area contributed by atoms with Crippen LogP contribution < -0.4 is 42.9 Å². The number of aromatic amines is 3. The van der Waals surface area contributed by atoms with Crippen LogP contribution in [0.5, 0.6) is 5.75 Å². The van der Waals surface area contributed by atoms with E-state index < -0.39 is 0 Å². The number of nitrogens with zero attached hydrogens (tertiary/aromatic N) is 8. The van der Waals surface area contributed by atoms with Crippen molar-refractivity contribution < 1.29 is 33.3 Å². The zero-order valence-corrected chi connectivity index (χ0v) is 57.6. The van der Waals surface area contributed by atoms with Crippen LogP contribution in [0.25, 0.3) is 0 Å². The molecule has 0 spiro atoms. The third-order valence-corrected chi connectivity index (χ3v) is 12.8. The van der Waals surface area contributed by atoms with Crippen molar-refractivity contribution in [1.82, 2.24) is 65.2 Å². The maximum Gasteiger partial charge on any atom is 0.281 e. The van der Waals surface area contributed by atoms with Crippen LogP contribution in [0.1, 0.15) is 201 Å². The third-order valence-electron chi connectivity index (χ3n) is 10.5. The standard InChI is InChI=1S/C8H10O3.C7H11NO.2C6H10N2O.C6H10N2S.C6H9NOS.C5H8N2OS.2C5H11NO.C4H8N4/c1-5(2)6-3-11-4-7(9)8(6)10;1-5(2)7-4-6(3)8-9-7;3*1-4(2)6-7-5(3)9-8-6;1-4(2)5-3-6(8)7-9-5;1-3(2)4-5(8)7-9-6-4;2*1-4(2)5(7)6-3;1-3(2)4-5-7-8-6-4/h3-5,9H,1-2H3;4-5H,1-3H3;3*4H,3H2,1-2H3,(H,7,8);3-4H,1-2H3,(H,7,8);3H,1-2H3,(H,7,8);2*4H,1-3H3,(H,6,7);3H,1-2H3,(H,5,6,7,8). The fourth-order valence-electron chi connectivity index (χ4n) is 5.24. The quantitative estimate of drug-likeness (QED) is 0.0587. The predicted molar refractivity (Wildman–Crippen MR) is 351 cm³/mol. The van der Waals surface area contributed by atoms with Gasteiger partial charge in [-0.1, -0.05) is 167 Å². The number of carbonyl (C=O) groups excluding carboxylic acids is 2. The molecule has 3 aliphatic heterocycles. The van der Waals surface area contributed by atoms with E-state index in [1.807, 2.05) is 110 Å². The molecule has 2 amide bonds. The summed E-state index contributed by atoms with van der Waals surface area (Å²) in [6, 6.07) is 3.61. The first-order chi connectivity index (χ1) is 40.5. The van der Waals surface area contributed by atoms with Crippen LogP contribution in [0, 0.1) is 36.5 Å². The van der Waals surface area contributed by atoms with Gasteiger partial charge in [-0.15, -0.1) is 10.2 Å². The summed E-state index contributed by atoms with van der Waals surface area (Å²) >= 11 is 4.01. The molecular weight excluding hydrogens is 1180 g/mol. The highest BCUT2D eigenvalue weighted by Crippen LogP contribution is 2.20. The van der Waals surface area contributed by atoms with E-state index >= 15 is 0 Å². The van der Waals surface area contributed by atoms with Gasteiger partial charge < -0.3 is 39.1 Å². The summed E-state index contributed by atoms with van der Waals surface area (Å²) in [5.41, 5.74) is 7.04. The number of aromatic nitrogens is 8. The molecule has 26 nitrogen and oxygen atoms in total. The molecule has 0 saturated heterocycles. The first-order valence-corrected chi connectivity index (χ1v) is 30.6. The lowest BCUT2D eigenvalue weighted by Crippen LogP contribution is -2.22. The highest BCUT2D eigenvalue weighted by Gasteiger charge is 2.15. The van der Waals surface area contributed by atoms with Crippen molar-refractivity contribution in [2.45, 2.75) is 175 Å². The number of hydroxylamine groups is 2. The number of aryl methyl sites for hydroxylation is 1. The fourth-order valence-corrected chi connectivity index (χ4v) is 7.19. The van der Waals surface area contributed by atoms with E-state index in [9.17, 15) is 24.0 Å². The van der Waals surface area contributed by atoms with E-state index in [0.29, 0.717) is 58.5 Å². The lowest BCUT2D eigenvalue weighted by molar-refractivity contribution is -0.124.